The number of phenols is 1. The van der Waals surface area contributed by atoms with Crippen LogP contribution < -0.4 is 5.63 Å². The number of phenolic OH excluding ortho intramolecular Hbond substituents is 1. The number of aromatic hydroxyl groups is 1. The number of carbonyl (C=O) groups is 1. The van der Waals surface area contributed by atoms with Crippen LogP contribution in [0.3, 0.4) is 0 Å². The summed E-state index contributed by atoms with van der Waals surface area (Å²) in [7, 11) is 0. The van der Waals surface area contributed by atoms with Gasteiger partial charge < -0.3 is 39.9 Å². The van der Waals surface area contributed by atoms with E-state index in [0.29, 0.717) is 5.58 Å². The highest BCUT2D eigenvalue weighted by Gasteiger charge is 2.29. The topological polar surface area (TPSA) is 169 Å². The van der Waals surface area contributed by atoms with Gasteiger partial charge in [-0.3, -0.25) is 0 Å². The Kier molecular flexibility index (Phi) is 7.68. The first kappa shape index (κ1) is 20.7. The maximum absolute atomic E-state index is 11.0. The van der Waals surface area contributed by atoms with Crippen LogP contribution in [0, 0.1) is 6.92 Å². The molecule has 0 saturated carbocycles. The van der Waals surface area contributed by atoms with Gasteiger partial charge in [0.15, 0.2) is 6.29 Å². The van der Waals surface area contributed by atoms with Gasteiger partial charge in [-0.15, -0.1) is 0 Å². The van der Waals surface area contributed by atoms with Gasteiger partial charge in [0.05, 0.1) is 6.61 Å². The molecule has 0 aliphatic heterocycles. The Morgan fingerprint density at radius 3 is 2.32 bits per heavy atom. The molecular formula is C16H20O9. The van der Waals surface area contributed by atoms with Crippen LogP contribution in [0.2, 0.25) is 0 Å². The average molecular weight is 356 g/mol. The largest absolute Gasteiger partial charge is 0.508 e. The molecule has 0 amide bonds. The normalized spacial score (nSPS) is 15.6. The molecule has 0 saturated heterocycles. The van der Waals surface area contributed by atoms with Crippen LogP contribution >= 0.6 is 0 Å². The zero-order valence-electron chi connectivity index (χ0n) is 13.3. The summed E-state index contributed by atoms with van der Waals surface area (Å²) < 4.78 is 4.91. The minimum Gasteiger partial charge on any atom is -0.508 e. The summed E-state index contributed by atoms with van der Waals surface area (Å²) in [5.74, 6) is 0.0984. The zero-order chi connectivity index (χ0) is 19.1. The van der Waals surface area contributed by atoms with Crippen LogP contribution in [0.5, 0.6) is 5.75 Å². The summed E-state index contributed by atoms with van der Waals surface area (Å²) in [6.07, 6.45) is -6.84. The van der Waals surface area contributed by atoms with Crippen molar-refractivity contribution in [3.8, 4) is 5.75 Å². The van der Waals surface area contributed by atoms with Crippen LogP contribution in [0.15, 0.2) is 33.5 Å². The second-order valence-corrected chi connectivity index (χ2v) is 5.29. The van der Waals surface area contributed by atoms with Crippen molar-refractivity contribution in [3.63, 3.8) is 0 Å². The second-order valence-electron chi connectivity index (χ2n) is 5.29. The molecule has 138 valence electrons. The SMILES string of the molecule is Cc1cc(=O)oc2cc(O)ccc12.O=C[C@H](O)[C@@H](O)[C@@H](O)[C@H](O)CO. The number of aryl methyl sites for hydroxylation is 1. The van der Waals surface area contributed by atoms with Gasteiger partial charge in [0.2, 0.25) is 0 Å². The lowest BCUT2D eigenvalue weighted by atomic mass is 10.0. The molecule has 9 heteroatoms. The molecule has 1 aromatic carbocycles. The molecule has 0 radical (unpaired) electrons. The Bertz CT molecular complexity index is 755. The molecule has 0 fully saturated rings. The molecule has 0 spiro atoms. The van der Waals surface area contributed by atoms with Crippen molar-refractivity contribution in [3.05, 3.63) is 40.2 Å². The summed E-state index contributed by atoms with van der Waals surface area (Å²) >= 11 is 0. The molecule has 2 rings (SSSR count). The molecule has 0 aliphatic rings. The van der Waals surface area contributed by atoms with E-state index in [-0.39, 0.29) is 12.0 Å². The predicted molar refractivity (Wildman–Crippen MR) is 86.1 cm³/mol. The van der Waals surface area contributed by atoms with E-state index in [0.717, 1.165) is 10.9 Å². The highest BCUT2D eigenvalue weighted by atomic mass is 16.4. The lowest BCUT2D eigenvalue weighted by Gasteiger charge is -2.22. The summed E-state index contributed by atoms with van der Waals surface area (Å²) in [4.78, 5) is 20.9. The summed E-state index contributed by atoms with van der Waals surface area (Å²) in [6.45, 7) is 1.07. The standard InChI is InChI=1S/C10H8O3.C6H12O6/c1-6-4-10(12)13-9-5-7(11)2-3-8(6)9;7-1-3(9)5(11)6(12)4(10)2-8/h2-5,11H,1H3;1,3-6,8-12H,2H2/t;3-,4+,5+,6-/m.0/s1. The first-order valence-electron chi connectivity index (χ1n) is 7.23. The summed E-state index contributed by atoms with van der Waals surface area (Å²) in [5.41, 5.74) is 0.881. The minimum absolute atomic E-state index is 0.0258. The first-order chi connectivity index (χ1) is 11.7. The molecular weight excluding hydrogens is 336 g/mol. The average Bonchev–Trinajstić information content (AvgIpc) is 2.58. The Labute approximate surface area is 142 Å². The maximum Gasteiger partial charge on any atom is 0.336 e. The fraction of sp³-hybridized carbons (Fsp3) is 0.375. The van der Waals surface area contributed by atoms with E-state index in [1.54, 1.807) is 12.1 Å². The Balaban J connectivity index is 0.000000252. The van der Waals surface area contributed by atoms with Crippen molar-refractivity contribution in [1.82, 2.24) is 0 Å². The van der Waals surface area contributed by atoms with Crippen LogP contribution in [-0.4, -0.2) is 67.9 Å². The number of aldehydes is 1. The van der Waals surface area contributed by atoms with Crippen molar-refractivity contribution < 1.29 is 39.9 Å². The van der Waals surface area contributed by atoms with Crippen molar-refractivity contribution in [2.24, 2.45) is 0 Å². The quantitative estimate of drug-likeness (QED) is 0.274. The van der Waals surface area contributed by atoms with Crippen molar-refractivity contribution in [2.45, 2.75) is 31.3 Å². The van der Waals surface area contributed by atoms with Crippen LogP contribution in [0.1, 0.15) is 5.56 Å². The number of rotatable bonds is 5. The molecule has 4 atom stereocenters. The summed E-state index contributed by atoms with van der Waals surface area (Å²) in [5, 5.41) is 53.5. The lowest BCUT2D eigenvalue weighted by molar-refractivity contribution is -0.136. The number of benzene rings is 1. The molecule has 25 heavy (non-hydrogen) atoms. The molecule has 0 unspecified atom stereocenters. The molecule has 1 heterocycles. The zero-order valence-corrected chi connectivity index (χ0v) is 13.3. The van der Waals surface area contributed by atoms with Crippen molar-refractivity contribution >= 4 is 17.3 Å². The van der Waals surface area contributed by atoms with Crippen molar-refractivity contribution in [2.75, 3.05) is 6.61 Å². The van der Waals surface area contributed by atoms with Gasteiger partial charge in [-0.2, -0.15) is 0 Å². The fourth-order valence-corrected chi connectivity index (χ4v) is 1.93. The van der Waals surface area contributed by atoms with Gasteiger partial charge in [0, 0.05) is 17.5 Å². The van der Waals surface area contributed by atoms with Crippen LogP contribution in [-0.2, 0) is 4.79 Å². The third-order valence-corrected chi connectivity index (χ3v) is 3.36. The van der Waals surface area contributed by atoms with Gasteiger partial charge in [-0.1, -0.05) is 0 Å². The van der Waals surface area contributed by atoms with Gasteiger partial charge in [0.25, 0.3) is 0 Å². The van der Waals surface area contributed by atoms with Crippen LogP contribution in [0.4, 0.5) is 0 Å². The third kappa shape index (κ3) is 5.62. The molecule has 1 aromatic heterocycles. The monoisotopic (exact) mass is 356 g/mol. The summed E-state index contributed by atoms with van der Waals surface area (Å²) in [6, 6.07) is 6.15. The van der Waals surface area contributed by atoms with E-state index in [4.69, 9.17) is 35.1 Å². The van der Waals surface area contributed by atoms with Crippen LogP contribution in [0.25, 0.3) is 11.0 Å². The van der Waals surface area contributed by atoms with Crippen molar-refractivity contribution in [1.29, 1.82) is 0 Å². The number of hydrogen-bond acceptors (Lipinski definition) is 9. The number of aliphatic hydroxyl groups excluding tert-OH is 5. The van der Waals surface area contributed by atoms with E-state index in [1.807, 2.05) is 6.92 Å². The van der Waals surface area contributed by atoms with Gasteiger partial charge in [0.1, 0.15) is 35.7 Å². The Morgan fingerprint density at radius 2 is 1.76 bits per heavy atom. The van der Waals surface area contributed by atoms with E-state index < -0.39 is 36.6 Å². The van der Waals surface area contributed by atoms with Gasteiger partial charge >= 0.3 is 5.63 Å². The fourth-order valence-electron chi connectivity index (χ4n) is 1.93. The highest BCUT2D eigenvalue weighted by Crippen LogP contribution is 2.20. The number of carbonyl (C=O) groups excluding carboxylic acids is 1. The number of aliphatic hydroxyl groups is 5. The van der Waals surface area contributed by atoms with E-state index in [1.165, 1.54) is 12.1 Å². The van der Waals surface area contributed by atoms with Gasteiger partial charge in [-0.05, 0) is 24.6 Å². The first-order valence-corrected chi connectivity index (χ1v) is 7.23. The Morgan fingerprint density at radius 1 is 1.12 bits per heavy atom. The minimum atomic E-state index is -1.79. The molecule has 2 aromatic rings. The lowest BCUT2D eigenvalue weighted by Crippen LogP contribution is -2.46. The molecule has 0 bridgehead atoms. The number of fused-ring (bicyclic) bond motifs is 1. The Hall–Kier alpha value is -2.30. The van der Waals surface area contributed by atoms with E-state index in [2.05, 4.69) is 0 Å². The second kappa shape index (κ2) is 9.25. The van der Waals surface area contributed by atoms with E-state index >= 15 is 0 Å². The molecule has 9 nitrogen and oxygen atoms in total. The molecule has 6 N–H and O–H groups in total. The predicted octanol–water partition coefficient (Wildman–Crippen LogP) is -1.57. The third-order valence-electron chi connectivity index (χ3n) is 3.36. The van der Waals surface area contributed by atoms with E-state index in [9.17, 15) is 9.59 Å². The highest BCUT2D eigenvalue weighted by molar-refractivity contribution is 5.81. The van der Waals surface area contributed by atoms with Gasteiger partial charge in [-0.25, -0.2) is 4.79 Å². The smallest absolute Gasteiger partial charge is 0.336 e. The maximum atomic E-state index is 11.0. The molecule has 0 aliphatic carbocycles. The number of hydrogen-bond donors (Lipinski definition) is 6.